The van der Waals surface area contributed by atoms with Crippen LogP contribution in [0.1, 0.15) is 54.4 Å². The molecule has 2 heterocycles. The zero-order chi connectivity index (χ0) is 22.8. The van der Waals surface area contributed by atoms with Crippen molar-refractivity contribution < 1.29 is 23.9 Å². The summed E-state index contributed by atoms with van der Waals surface area (Å²) in [6.45, 7) is 2.58. The molecule has 0 radical (unpaired) electrons. The summed E-state index contributed by atoms with van der Waals surface area (Å²) in [5.41, 5.74) is 3.51. The fourth-order valence-corrected chi connectivity index (χ4v) is 4.20. The molecule has 0 saturated heterocycles. The first-order valence-electron chi connectivity index (χ1n) is 10.5. The van der Waals surface area contributed by atoms with Gasteiger partial charge in [-0.3, -0.25) is 14.5 Å². The standard InChI is InChI=1S/C25H23FN2O4/c1-16-22(25(31)32)15-19(27(16)14-12-17-8-10-18(26)11-9-17)5-4-13-28-23(29)20-6-2-3-7-21(20)24(28)30/h2-3,6-11,15H,4-5,12-14H2,1H3,(H,31,32). The van der Waals surface area contributed by atoms with Gasteiger partial charge >= 0.3 is 5.97 Å². The Morgan fingerprint density at radius 3 is 2.16 bits per heavy atom. The lowest BCUT2D eigenvalue weighted by atomic mass is 10.1. The Morgan fingerprint density at radius 2 is 1.56 bits per heavy atom. The van der Waals surface area contributed by atoms with E-state index in [0.717, 1.165) is 11.3 Å². The molecule has 3 aromatic rings. The molecule has 1 aromatic heterocycles. The molecular formula is C25H23FN2O4. The first-order chi connectivity index (χ1) is 15.4. The highest BCUT2D eigenvalue weighted by Crippen LogP contribution is 2.24. The number of halogens is 1. The molecule has 0 bridgehead atoms. The van der Waals surface area contributed by atoms with Crippen LogP contribution in [0.5, 0.6) is 0 Å². The van der Waals surface area contributed by atoms with Crippen LogP contribution in [0.2, 0.25) is 0 Å². The van der Waals surface area contributed by atoms with Gasteiger partial charge in [0.1, 0.15) is 5.82 Å². The van der Waals surface area contributed by atoms with E-state index in [1.165, 1.54) is 17.0 Å². The molecule has 32 heavy (non-hydrogen) atoms. The van der Waals surface area contributed by atoms with Gasteiger partial charge in [-0.15, -0.1) is 0 Å². The number of hydrogen-bond donors (Lipinski definition) is 1. The van der Waals surface area contributed by atoms with Crippen molar-refractivity contribution in [1.29, 1.82) is 0 Å². The third-order valence-electron chi connectivity index (χ3n) is 5.91. The van der Waals surface area contributed by atoms with E-state index in [1.54, 1.807) is 49.4 Å². The molecule has 0 aliphatic carbocycles. The van der Waals surface area contributed by atoms with Gasteiger partial charge in [0.2, 0.25) is 0 Å². The van der Waals surface area contributed by atoms with Gasteiger partial charge in [-0.05, 0) is 62.1 Å². The molecule has 0 unspecified atom stereocenters. The number of fused-ring (bicyclic) bond motifs is 1. The van der Waals surface area contributed by atoms with Gasteiger partial charge < -0.3 is 9.67 Å². The highest BCUT2D eigenvalue weighted by Gasteiger charge is 2.34. The number of nitrogens with zero attached hydrogens (tertiary/aromatic N) is 2. The second-order valence-corrected chi connectivity index (χ2v) is 7.88. The average molecular weight is 434 g/mol. The minimum absolute atomic E-state index is 0.236. The SMILES string of the molecule is Cc1c(C(=O)O)cc(CCCN2C(=O)c3ccccc3C2=O)n1CCc1ccc(F)cc1. The van der Waals surface area contributed by atoms with Gasteiger partial charge in [0.25, 0.3) is 11.8 Å². The number of hydrogen-bond acceptors (Lipinski definition) is 3. The van der Waals surface area contributed by atoms with Crippen molar-refractivity contribution in [3.63, 3.8) is 0 Å². The number of benzene rings is 2. The first-order valence-corrected chi connectivity index (χ1v) is 10.5. The fraction of sp³-hybridized carbons (Fsp3) is 0.240. The maximum absolute atomic E-state index is 13.2. The van der Waals surface area contributed by atoms with Gasteiger partial charge in [0, 0.05) is 24.5 Å². The molecule has 2 aromatic carbocycles. The highest BCUT2D eigenvalue weighted by atomic mass is 19.1. The van der Waals surface area contributed by atoms with E-state index in [-0.39, 0.29) is 29.7 Å². The zero-order valence-corrected chi connectivity index (χ0v) is 17.7. The fourth-order valence-electron chi connectivity index (χ4n) is 4.20. The van der Waals surface area contributed by atoms with Crippen LogP contribution in [-0.2, 0) is 19.4 Å². The van der Waals surface area contributed by atoms with E-state index in [2.05, 4.69) is 0 Å². The number of carboxylic acids is 1. The lowest BCUT2D eigenvalue weighted by Crippen LogP contribution is -2.31. The lowest BCUT2D eigenvalue weighted by molar-refractivity contribution is 0.0649. The Morgan fingerprint density at radius 1 is 0.938 bits per heavy atom. The molecule has 1 aliphatic heterocycles. The summed E-state index contributed by atoms with van der Waals surface area (Å²) >= 11 is 0. The van der Waals surface area contributed by atoms with Crippen molar-refractivity contribution >= 4 is 17.8 Å². The predicted octanol–water partition coefficient (Wildman–Crippen LogP) is 4.11. The second-order valence-electron chi connectivity index (χ2n) is 7.88. The summed E-state index contributed by atoms with van der Waals surface area (Å²) < 4.78 is 15.1. The van der Waals surface area contributed by atoms with Crippen LogP contribution in [0.4, 0.5) is 4.39 Å². The lowest BCUT2D eigenvalue weighted by Gasteiger charge is -2.15. The molecule has 0 atom stereocenters. The number of amides is 2. The molecule has 0 spiro atoms. The normalized spacial score (nSPS) is 13.0. The minimum Gasteiger partial charge on any atom is -0.478 e. The molecule has 1 N–H and O–H groups in total. The number of aryl methyl sites for hydroxylation is 2. The van der Waals surface area contributed by atoms with Gasteiger partial charge in [-0.25, -0.2) is 9.18 Å². The van der Waals surface area contributed by atoms with E-state index in [0.29, 0.717) is 42.6 Å². The molecule has 0 saturated carbocycles. The van der Waals surface area contributed by atoms with E-state index in [9.17, 15) is 23.9 Å². The first kappa shape index (κ1) is 21.5. The number of carbonyl (C=O) groups is 3. The van der Waals surface area contributed by atoms with E-state index >= 15 is 0 Å². The summed E-state index contributed by atoms with van der Waals surface area (Å²) in [5.74, 6) is -1.88. The quantitative estimate of drug-likeness (QED) is 0.541. The van der Waals surface area contributed by atoms with Crippen molar-refractivity contribution in [1.82, 2.24) is 9.47 Å². The van der Waals surface area contributed by atoms with E-state index in [4.69, 9.17) is 0 Å². The molecule has 4 rings (SSSR count). The zero-order valence-electron chi connectivity index (χ0n) is 17.7. The number of aromatic nitrogens is 1. The van der Waals surface area contributed by atoms with Crippen LogP contribution >= 0.6 is 0 Å². The largest absolute Gasteiger partial charge is 0.478 e. The van der Waals surface area contributed by atoms with Crippen molar-refractivity contribution in [2.45, 2.75) is 32.7 Å². The van der Waals surface area contributed by atoms with Crippen molar-refractivity contribution in [3.05, 3.63) is 94.1 Å². The van der Waals surface area contributed by atoms with Crippen molar-refractivity contribution in [3.8, 4) is 0 Å². The highest BCUT2D eigenvalue weighted by molar-refractivity contribution is 6.21. The smallest absolute Gasteiger partial charge is 0.337 e. The third kappa shape index (κ3) is 4.06. The third-order valence-corrected chi connectivity index (χ3v) is 5.91. The van der Waals surface area contributed by atoms with Crippen molar-refractivity contribution in [2.24, 2.45) is 0 Å². The summed E-state index contributed by atoms with van der Waals surface area (Å²) in [6, 6.07) is 14.7. The van der Waals surface area contributed by atoms with Gasteiger partial charge in [-0.1, -0.05) is 24.3 Å². The Kier molecular flexibility index (Phi) is 5.90. The van der Waals surface area contributed by atoms with E-state index < -0.39 is 5.97 Å². The van der Waals surface area contributed by atoms with E-state index in [1.807, 2.05) is 4.57 Å². The Bertz CT molecular complexity index is 1160. The number of imide groups is 1. The summed E-state index contributed by atoms with van der Waals surface area (Å²) in [5, 5.41) is 9.53. The Labute approximate surface area is 184 Å². The Hall–Kier alpha value is -3.74. The van der Waals surface area contributed by atoms with Crippen LogP contribution in [0.25, 0.3) is 0 Å². The van der Waals surface area contributed by atoms with Crippen LogP contribution < -0.4 is 0 Å². The van der Waals surface area contributed by atoms with Crippen LogP contribution in [-0.4, -0.2) is 38.9 Å². The summed E-state index contributed by atoms with van der Waals surface area (Å²) in [7, 11) is 0. The molecule has 7 heteroatoms. The second kappa shape index (κ2) is 8.78. The average Bonchev–Trinajstić information content (AvgIpc) is 3.22. The number of rotatable bonds is 8. The van der Waals surface area contributed by atoms with Crippen molar-refractivity contribution in [2.75, 3.05) is 6.54 Å². The summed E-state index contributed by atoms with van der Waals surface area (Å²) in [6.07, 6.45) is 1.66. The van der Waals surface area contributed by atoms with Gasteiger partial charge in [0.05, 0.1) is 16.7 Å². The molecule has 2 amide bonds. The van der Waals surface area contributed by atoms with Crippen LogP contribution in [0.15, 0.2) is 54.6 Å². The number of aromatic carboxylic acids is 1. The maximum atomic E-state index is 13.2. The number of carboxylic acid groups (broad SMARTS) is 1. The van der Waals surface area contributed by atoms with Crippen LogP contribution in [0.3, 0.4) is 0 Å². The minimum atomic E-state index is -0.996. The molecule has 164 valence electrons. The van der Waals surface area contributed by atoms with Crippen LogP contribution in [0, 0.1) is 12.7 Å². The predicted molar refractivity (Wildman–Crippen MR) is 116 cm³/mol. The maximum Gasteiger partial charge on any atom is 0.337 e. The molecule has 6 nitrogen and oxygen atoms in total. The number of carbonyl (C=O) groups excluding carboxylic acids is 2. The monoisotopic (exact) mass is 434 g/mol. The molecule has 0 fully saturated rings. The van der Waals surface area contributed by atoms with Gasteiger partial charge in [0.15, 0.2) is 0 Å². The summed E-state index contributed by atoms with van der Waals surface area (Å²) in [4.78, 5) is 38.0. The van der Waals surface area contributed by atoms with Gasteiger partial charge in [-0.2, -0.15) is 0 Å². The Balaban J connectivity index is 1.46. The molecule has 1 aliphatic rings. The molecular weight excluding hydrogens is 411 g/mol. The topological polar surface area (TPSA) is 79.6 Å².